The summed E-state index contributed by atoms with van der Waals surface area (Å²) >= 11 is 1.50. The Morgan fingerprint density at radius 2 is 1.73 bits per heavy atom. The molecule has 0 N–H and O–H groups in total. The van der Waals surface area contributed by atoms with E-state index in [0.29, 0.717) is 13.2 Å². The number of carbonyl (C=O) groups is 1. The number of amides is 1. The number of likely N-dealkylation sites (N-methyl/N-ethyl adjacent to an activating group) is 1. The summed E-state index contributed by atoms with van der Waals surface area (Å²) in [6.45, 7) is 10.4. The largest absolute Gasteiger partial charge is 0.378 e. The molecule has 2 aliphatic heterocycles. The van der Waals surface area contributed by atoms with Crippen molar-refractivity contribution in [3.05, 3.63) is 16.3 Å². The number of piperazine rings is 1. The quantitative estimate of drug-likeness (QED) is 0.793. The third-order valence-electron chi connectivity index (χ3n) is 5.18. The van der Waals surface area contributed by atoms with Crippen LogP contribution in [0.1, 0.15) is 21.1 Å². The monoisotopic (exact) mass is 375 g/mol. The number of ether oxygens (including phenoxy) is 1. The molecular formula is C18H25N5O2S. The number of carbonyl (C=O) groups excluding carboxylic acids is 1. The van der Waals surface area contributed by atoms with Crippen molar-refractivity contribution in [2.75, 3.05) is 64.4 Å². The van der Waals surface area contributed by atoms with Gasteiger partial charge in [0.1, 0.15) is 16.5 Å². The Hall–Kier alpha value is -1.77. The maximum Gasteiger partial charge on any atom is 0.264 e. The summed E-state index contributed by atoms with van der Waals surface area (Å²) in [5, 5.41) is 1.03. The average Bonchev–Trinajstić information content (AvgIpc) is 2.98. The zero-order valence-corrected chi connectivity index (χ0v) is 16.4. The number of aryl methyl sites for hydroxylation is 2. The maximum atomic E-state index is 13.1. The van der Waals surface area contributed by atoms with Gasteiger partial charge in [0.15, 0.2) is 0 Å². The first-order chi connectivity index (χ1) is 12.5. The molecule has 2 aliphatic rings. The van der Waals surface area contributed by atoms with Crippen LogP contribution in [-0.4, -0.2) is 85.2 Å². The second kappa shape index (κ2) is 7.09. The number of aromatic nitrogens is 2. The first-order valence-electron chi connectivity index (χ1n) is 9.13. The van der Waals surface area contributed by atoms with E-state index in [1.54, 1.807) is 0 Å². The van der Waals surface area contributed by atoms with Gasteiger partial charge in [0.25, 0.3) is 5.91 Å². The molecule has 0 aliphatic carbocycles. The highest BCUT2D eigenvalue weighted by Crippen LogP contribution is 2.36. The van der Waals surface area contributed by atoms with Gasteiger partial charge in [0.2, 0.25) is 0 Å². The third kappa shape index (κ3) is 3.17. The van der Waals surface area contributed by atoms with Gasteiger partial charge in [-0.2, -0.15) is 0 Å². The molecule has 2 fully saturated rings. The zero-order chi connectivity index (χ0) is 18.3. The molecule has 26 heavy (non-hydrogen) atoms. The van der Waals surface area contributed by atoms with E-state index in [2.05, 4.69) is 21.8 Å². The molecule has 4 heterocycles. The van der Waals surface area contributed by atoms with E-state index in [1.165, 1.54) is 11.3 Å². The van der Waals surface area contributed by atoms with E-state index in [0.717, 1.165) is 71.6 Å². The minimum Gasteiger partial charge on any atom is -0.378 e. The van der Waals surface area contributed by atoms with E-state index in [1.807, 2.05) is 18.7 Å². The smallest absolute Gasteiger partial charge is 0.264 e. The predicted octanol–water partition coefficient (Wildman–Crippen LogP) is 1.53. The number of morpholine rings is 1. The first kappa shape index (κ1) is 17.6. The van der Waals surface area contributed by atoms with Crippen LogP contribution in [0.3, 0.4) is 0 Å². The summed E-state index contributed by atoms with van der Waals surface area (Å²) in [6.07, 6.45) is 0. The minimum atomic E-state index is 0.129. The highest BCUT2D eigenvalue weighted by Gasteiger charge is 2.27. The molecule has 0 aromatic carbocycles. The molecule has 1 amide bonds. The van der Waals surface area contributed by atoms with Crippen molar-refractivity contribution in [2.45, 2.75) is 13.8 Å². The number of hydrogen-bond acceptors (Lipinski definition) is 7. The fraction of sp³-hybridized carbons (Fsp3) is 0.611. The van der Waals surface area contributed by atoms with Crippen molar-refractivity contribution in [2.24, 2.45) is 0 Å². The van der Waals surface area contributed by atoms with Gasteiger partial charge >= 0.3 is 0 Å². The highest BCUT2D eigenvalue weighted by atomic mass is 32.1. The highest BCUT2D eigenvalue weighted by molar-refractivity contribution is 7.20. The van der Waals surface area contributed by atoms with Crippen LogP contribution in [0.5, 0.6) is 0 Å². The summed E-state index contributed by atoms with van der Waals surface area (Å²) in [6, 6.07) is 0. The molecule has 0 bridgehead atoms. The molecule has 7 nitrogen and oxygen atoms in total. The lowest BCUT2D eigenvalue weighted by atomic mass is 10.1. The lowest BCUT2D eigenvalue weighted by Gasteiger charge is -2.32. The second-order valence-corrected chi connectivity index (χ2v) is 8.02. The van der Waals surface area contributed by atoms with E-state index in [-0.39, 0.29) is 5.91 Å². The predicted molar refractivity (Wildman–Crippen MR) is 103 cm³/mol. The third-order valence-corrected chi connectivity index (χ3v) is 6.35. The number of fused-ring (bicyclic) bond motifs is 1. The summed E-state index contributed by atoms with van der Waals surface area (Å²) in [4.78, 5) is 30.6. The fourth-order valence-corrected chi connectivity index (χ4v) is 4.77. The molecule has 140 valence electrons. The van der Waals surface area contributed by atoms with E-state index >= 15 is 0 Å². The first-order valence-corrected chi connectivity index (χ1v) is 9.94. The van der Waals surface area contributed by atoms with Crippen molar-refractivity contribution >= 4 is 33.3 Å². The van der Waals surface area contributed by atoms with Crippen LogP contribution in [0, 0.1) is 13.8 Å². The molecule has 8 heteroatoms. The van der Waals surface area contributed by atoms with E-state index in [9.17, 15) is 4.79 Å². The van der Waals surface area contributed by atoms with Crippen LogP contribution in [0.25, 0.3) is 10.2 Å². The Balaban J connectivity index is 1.73. The van der Waals surface area contributed by atoms with Gasteiger partial charge in [-0.15, -0.1) is 11.3 Å². The van der Waals surface area contributed by atoms with Crippen LogP contribution >= 0.6 is 11.3 Å². The lowest BCUT2D eigenvalue weighted by Crippen LogP contribution is -2.47. The number of anilines is 1. The van der Waals surface area contributed by atoms with Gasteiger partial charge in [0.05, 0.1) is 23.5 Å². The zero-order valence-electron chi connectivity index (χ0n) is 15.6. The van der Waals surface area contributed by atoms with Crippen molar-refractivity contribution < 1.29 is 9.53 Å². The molecule has 0 spiro atoms. The second-order valence-electron chi connectivity index (χ2n) is 7.03. The van der Waals surface area contributed by atoms with Crippen molar-refractivity contribution in [3.63, 3.8) is 0 Å². The molecule has 4 rings (SSSR count). The normalized spacial score (nSPS) is 19.3. The number of rotatable bonds is 2. The van der Waals surface area contributed by atoms with Crippen molar-refractivity contribution in [1.29, 1.82) is 0 Å². The Kier molecular flexibility index (Phi) is 4.81. The summed E-state index contributed by atoms with van der Waals surface area (Å²) in [5.41, 5.74) is 1.01. The lowest BCUT2D eigenvalue weighted by molar-refractivity contribution is 0.0668. The van der Waals surface area contributed by atoms with Gasteiger partial charge in [-0.1, -0.05) is 0 Å². The Morgan fingerprint density at radius 1 is 1.04 bits per heavy atom. The standard InChI is InChI=1S/C18H25N5O2S/c1-12-14-16(22-8-10-25-11-9-22)19-13(2)20-17(14)26-15(12)18(24)23-6-4-21(3)5-7-23/h4-11H2,1-3H3. The van der Waals surface area contributed by atoms with Crippen LogP contribution in [0.15, 0.2) is 0 Å². The Bertz CT molecular complexity index is 823. The van der Waals surface area contributed by atoms with E-state index < -0.39 is 0 Å². The maximum absolute atomic E-state index is 13.1. The summed E-state index contributed by atoms with van der Waals surface area (Å²) in [7, 11) is 2.10. The van der Waals surface area contributed by atoms with Crippen LogP contribution in [0.2, 0.25) is 0 Å². The van der Waals surface area contributed by atoms with Crippen LogP contribution in [0.4, 0.5) is 5.82 Å². The minimum absolute atomic E-state index is 0.129. The molecule has 2 saturated heterocycles. The SMILES string of the molecule is Cc1nc(N2CCOCC2)c2c(C)c(C(=O)N3CCN(C)CC3)sc2n1. The molecule has 2 aromatic rings. The van der Waals surface area contributed by atoms with Gasteiger partial charge < -0.3 is 19.4 Å². The number of hydrogen-bond donors (Lipinski definition) is 0. The molecular weight excluding hydrogens is 350 g/mol. The summed E-state index contributed by atoms with van der Waals surface area (Å²) in [5.74, 6) is 1.82. The fourth-order valence-electron chi connectivity index (χ4n) is 3.58. The van der Waals surface area contributed by atoms with Gasteiger partial charge in [-0.25, -0.2) is 9.97 Å². The number of thiophene rings is 1. The Labute approximate surface area is 157 Å². The van der Waals surface area contributed by atoms with Crippen LogP contribution < -0.4 is 4.90 Å². The molecule has 0 radical (unpaired) electrons. The number of nitrogens with zero attached hydrogens (tertiary/aromatic N) is 5. The molecule has 0 saturated carbocycles. The average molecular weight is 375 g/mol. The topological polar surface area (TPSA) is 61.8 Å². The van der Waals surface area contributed by atoms with Gasteiger partial charge in [-0.3, -0.25) is 4.79 Å². The molecule has 0 atom stereocenters. The molecule has 0 unspecified atom stereocenters. The van der Waals surface area contributed by atoms with Gasteiger partial charge in [-0.05, 0) is 26.5 Å². The Morgan fingerprint density at radius 3 is 2.42 bits per heavy atom. The van der Waals surface area contributed by atoms with Crippen molar-refractivity contribution in [1.82, 2.24) is 19.8 Å². The van der Waals surface area contributed by atoms with Gasteiger partial charge in [0, 0.05) is 39.3 Å². The molecule has 2 aromatic heterocycles. The van der Waals surface area contributed by atoms with E-state index in [4.69, 9.17) is 9.72 Å². The summed E-state index contributed by atoms with van der Waals surface area (Å²) < 4.78 is 5.48. The van der Waals surface area contributed by atoms with Crippen LogP contribution in [-0.2, 0) is 4.74 Å². The van der Waals surface area contributed by atoms with Crippen molar-refractivity contribution in [3.8, 4) is 0 Å².